The molecule has 0 atom stereocenters. The van der Waals surface area contributed by atoms with E-state index in [1.807, 2.05) is 42.5 Å². The van der Waals surface area contributed by atoms with Crippen LogP contribution in [0.3, 0.4) is 0 Å². The van der Waals surface area contributed by atoms with Crippen molar-refractivity contribution < 1.29 is 14.2 Å². The Morgan fingerprint density at radius 3 is 2.80 bits per heavy atom. The Bertz CT molecular complexity index is 746. The van der Waals surface area contributed by atoms with E-state index in [0.29, 0.717) is 32.3 Å². The summed E-state index contributed by atoms with van der Waals surface area (Å²) in [5.41, 5.74) is 8.96. The first kappa shape index (κ1) is 17.1. The standard InChI is InChI=1S/C19H23N3O3/c1-23-13-15-5-2-3-6-16(15)22-19(20)21-12-14-7-8-17-18(11-14)25-10-4-9-24-17/h2-3,5-8,11H,4,9-10,12-13H2,1H3,(H3,20,21,22). The van der Waals surface area contributed by atoms with Crippen molar-refractivity contribution in [1.82, 2.24) is 0 Å². The highest BCUT2D eigenvalue weighted by atomic mass is 16.5. The number of guanidine groups is 1. The number of nitrogens with one attached hydrogen (secondary N) is 1. The van der Waals surface area contributed by atoms with Crippen molar-refractivity contribution in [2.24, 2.45) is 10.7 Å². The first-order chi connectivity index (χ1) is 12.3. The van der Waals surface area contributed by atoms with E-state index in [1.54, 1.807) is 7.11 Å². The molecule has 3 N–H and O–H groups in total. The zero-order chi connectivity index (χ0) is 17.5. The van der Waals surface area contributed by atoms with Crippen LogP contribution in [0.5, 0.6) is 11.5 Å². The van der Waals surface area contributed by atoms with Gasteiger partial charge >= 0.3 is 0 Å². The minimum Gasteiger partial charge on any atom is -0.490 e. The van der Waals surface area contributed by atoms with Crippen LogP contribution in [-0.2, 0) is 17.9 Å². The maximum Gasteiger partial charge on any atom is 0.193 e. The number of hydrogen-bond acceptors (Lipinski definition) is 4. The Balaban J connectivity index is 1.67. The summed E-state index contributed by atoms with van der Waals surface area (Å²) in [5, 5.41) is 3.13. The van der Waals surface area contributed by atoms with Gasteiger partial charge in [-0.1, -0.05) is 24.3 Å². The Kier molecular flexibility index (Phi) is 5.74. The van der Waals surface area contributed by atoms with Crippen molar-refractivity contribution >= 4 is 11.6 Å². The zero-order valence-corrected chi connectivity index (χ0v) is 14.3. The van der Waals surface area contributed by atoms with Crippen molar-refractivity contribution in [3.63, 3.8) is 0 Å². The molecule has 2 aromatic rings. The molecule has 132 valence electrons. The van der Waals surface area contributed by atoms with Crippen LogP contribution in [0.25, 0.3) is 0 Å². The minimum absolute atomic E-state index is 0.357. The molecule has 0 amide bonds. The van der Waals surface area contributed by atoms with Crippen LogP contribution < -0.4 is 20.5 Å². The number of para-hydroxylation sites is 1. The molecule has 6 nitrogen and oxygen atoms in total. The smallest absolute Gasteiger partial charge is 0.193 e. The molecule has 0 aromatic heterocycles. The summed E-state index contributed by atoms with van der Waals surface area (Å²) >= 11 is 0. The van der Waals surface area contributed by atoms with Gasteiger partial charge in [-0.05, 0) is 23.8 Å². The van der Waals surface area contributed by atoms with E-state index in [1.165, 1.54) is 0 Å². The second-order valence-corrected chi connectivity index (χ2v) is 5.75. The number of nitrogens with two attached hydrogens (primary N) is 1. The van der Waals surface area contributed by atoms with Crippen molar-refractivity contribution in [2.75, 3.05) is 25.6 Å². The molecular weight excluding hydrogens is 318 g/mol. The van der Waals surface area contributed by atoms with Gasteiger partial charge in [0.15, 0.2) is 17.5 Å². The van der Waals surface area contributed by atoms with Gasteiger partial charge in [0.05, 0.1) is 26.4 Å². The summed E-state index contributed by atoms with van der Waals surface area (Å²) in [4.78, 5) is 4.41. The molecule has 3 rings (SSSR count). The first-order valence-electron chi connectivity index (χ1n) is 8.28. The van der Waals surface area contributed by atoms with Gasteiger partial charge < -0.3 is 25.3 Å². The van der Waals surface area contributed by atoms with Gasteiger partial charge in [0.25, 0.3) is 0 Å². The lowest BCUT2D eigenvalue weighted by molar-refractivity contribution is 0.185. The van der Waals surface area contributed by atoms with E-state index >= 15 is 0 Å². The van der Waals surface area contributed by atoms with Crippen LogP contribution in [0.15, 0.2) is 47.5 Å². The van der Waals surface area contributed by atoms with E-state index in [0.717, 1.165) is 34.7 Å². The van der Waals surface area contributed by atoms with Gasteiger partial charge in [-0.15, -0.1) is 0 Å². The molecule has 0 fully saturated rings. The van der Waals surface area contributed by atoms with Gasteiger partial charge in [-0.25, -0.2) is 4.99 Å². The van der Waals surface area contributed by atoms with E-state index in [-0.39, 0.29) is 0 Å². The van der Waals surface area contributed by atoms with Gasteiger partial charge in [0.1, 0.15) is 0 Å². The van der Waals surface area contributed by atoms with Crippen molar-refractivity contribution in [3.8, 4) is 11.5 Å². The number of methoxy groups -OCH3 is 1. The molecule has 1 aliphatic heterocycles. The summed E-state index contributed by atoms with van der Waals surface area (Å²) in [6, 6.07) is 13.7. The first-order valence-corrected chi connectivity index (χ1v) is 8.28. The molecule has 2 aromatic carbocycles. The molecule has 25 heavy (non-hydrogen) atoms. The minimum atomic E-state index is 0.357. The van der Waals surface area contributed by atoms with Gasteiger partial charge in [0, 0.05) is 24.8 Å². The molecule has 0 radical (unpaired) electrons. The monoisotopic (exact) mass is 341 g/mol. The van der Waals surface area contributed by atoms with Crippen LogP contribution in [0, 0.1) is 0 Å². The number of hydrogen-bond donors (Lipinski definition) is 2. The molecular formula is C19H23N3O3. The Labute approximate surface area is 147 Å². The average molecular weight is 341 g/mol. The van der Waals surface area contributed by atoms with E-state index in [2.05, 4.69) is 10.3 Å². The highest BCUT2D eigenvalue weighted by Gasteiger charge is 2.10. The number of anilines is 1. The number of benzene rings is 2. The highest BCUT2D eigenvalue weighted by molar-refractivity contribution is 5.92. The predicted octanol–water partition coefficient (Wildman–Crippen LogP) is 2.92. The van der Waals surface area contributed by atoms with Gasteiger partial charge in [-0.2, -0.15) is 0 Å². The maximum atomic E-state index is 6.02. The molecule has 0 bridgehead atoms. The summed E-state index contributed by atoms with van der Waals surface area (Å²) in [5.74, 6) is 1.91. The lowest BCUT2D eigenvalue weighted by Crippen LogP contribution is -2.23. The summed E-state index contributed by atoms with van der Waals surface area (Å²) < 4.78 is 16.5. The molecule has 0 aliphatic carbocycles. The predicted molar refractivity (Wildman–Crippen MR) is 98.2 cm³/mol. The molecule has 1 heterocycles. The fourth-order valence-corrected chi connectivity index (χ4v) is 2.58. The van der Waals surface area contributed by atoms with Crippen LogP contribution in [0.1, 0.15) is 17.5 Å². The van der Waals surface area contributed by atoms with Gasteiger partial charge in [0.2, 0.25) is 0 Å². The number of fused-ring (bicyclic) bond motifs is 1. The Morgan fingerprint density at radius 2 is 1.96 bits per heavy atom. The third-order valence-electron chi connectivity index (χ3n) is 3.82. The summed E-state index contributed by atoms with van der Waals surface area (Å²) in [6.07, 6.45) is 0.889. The van der Waals surface area contributed by atoms with Crippen LogP contribution in [-0.4, -0.2) is 26.3 Å². The fraction of sp³-hybridized carbons (Fsp3) is 0.316. The van der Waals surface area contributed by atoms with E-state index in [9.17, 15) is 0 Å². The van der Waals surface area contributed by atoms with Crippen molar-refractivity contribution in [1.29, 1.82) is 0 Å². The van der Waals surface area contributed by atoms with E-state index < -0.39 is 0 Å². The number of nitrogens with zero attached hydrogens (tertiary/aromatic N) is 1. The van der Waals surface area contributed by atoms with Crippen LogP contribution in [0.4, 0.5) is 5.69 Å². The fourth-order valence-electron chi connectivity index (χ4n) is 2.58. The summed E-state index contributed by atoms with van der Waals surface area (Å²) in [6.45, 7) is 2.32. The second kappa shape index (κ2) is 8.39. The van der Waals surface area contributed by atoms with Gasteiger partial charge in [-0.3, -0.25) is 0 Å². The molecule has 0 unspecified atom stereocenters. The average Bonchev–Trinajstić information content (AvgIpc) is 2.87. The number of ether oxygens (including phenoxy) is 3. The maximum absolute atomic E-state index is 6.02. The number of aliphatic imine (C=N–C) groups is 1. The van der Waals surface area contributed by atoms with Crippen LogP contribution >= 0.6 is 0 Å². The molecule has 6 heteroatoms. The van der Waals surface area contributed by atoms with Crippen LogP contribution in [0.2, 0.25) is 0 Å². The zero-order valence-electron chi connectivity index (χ0n) is 14.3. The summed E-state index contributed by atoms with van der Waals surface area (Å²) in [7, 11) is 1.67. The Morgan fingerprint density at radius 1 is 1.16 bits per heavy atom. The Hall–Kier alpha value is -2.73. The molecule has 0 saturated carbocycles. The van der Waals surface area contributed by atoms with E-state index in [4.69, 9.17) is 19.9 Å². The highest BCUT2D eigenvalue weighted by Crippen LogP contribution is 2.30. The quantitative estimate of drug-likeness (QED) is 0.646. The molecule has 0 spiro atoms. The lowest BCUT2D eigenvalue weighted by Gasteiger charge is -2.11. The normalized spacial score (nSPS) is 14.0. The third-order valence-corrected chi connectivity index (χ3v) is 3.82. The second-order valence-electron chi connectivity index (χ2n) is 5.75. The largest absolute Gasteiger partial charge is 0.490 e. The molecule has 0 saturated heterocycles. The van der Waals surface area contributed by atoms with Crippen molar-refractivity contribution in [3.05, 3.63) is 53.6 Å². The third kappa shape index (κ3) is 4.64. The topological polar surface area (TPSA) is 78.1 Å². The van der Waals surface area contributed by atoms with Crippen molar-refractivity contribution in [2.45, 2.75) is 19.6 Å². The number of rotatable bonds is 5. The lowest BCUT2D eigenvalue weighted by atomic mass is 10.2. The SMILES string of the molecule is COCc1ccccc1NC(N)=NCc1ccc2c(c1)OCCCO2. The molecule has 1 aliphatic rings.